The van der Waals surface area contributed by atoms with Crippen molar-refractivity contribution in [2.75, 3.05) is 5.73 Å². The number of anilines is 1. The number of nitrogens with two attached hydrogens (primary N) is 1. The molecule has 0 saturated carbocycles. The third kappa shape index (κ3) is 1.40. The second kappa shape index (κ2) is 3.12. The topological polar surface area (TPSA) is 69.9 Å². The van der Waals surface area contributed by atoms with E-state index in [4.69, 9.17) is 10.2 Å². The first kappa shape index (κ1) is 9.76. The molecule has 2 aromatic rings. The highest BCUT2D eigenvalue weighted by atomic mass is 16.3. The number of nitrogen functional groups attached to an aromatic ring is 1. The maximum Gasteiger partial charge on any atom is 0.218 e. The minimum absolute atomic E-state index is 0.405. The van der Waals surface area contributed by atoms with Crippen LogP contribution >= 0.6 is 0 Å². The number of hydrogen-bond acceptors (Lipinski definition) is 4. The smallest absolute Gasteiger partial charge is 0.218 e. The quantitative estimate of drug-likeness (QED) is 0.769. The van der Waals surface area contributed by atoms with Crippen LogP contribution < -0.4 is 5.73 Å². The largest absolute Gasteiger partial charge is 0.466 e. The summed E-state index contributed by atoms with van der Waals surface area (Å²) in [4.78, 5) is 4.19. The van der Waals surface area contributed by atoms with E-state index in [0.29, 0.717) is 11.8 Å². The van der Waals surface area contributed by atoms with Crippen LogP contribution in [0.25, 0.3) is 11.4 Å². The molecule has 0 saturated heterocycles. The molecule has 0 radical (unpaired) electrons. The fourth-order valence-corrected chi connectivity index (χ4v) is 1.62. The Morgan fingerprint density at radius 3 is 2.27 bits per heavy atom. The zero-order valence-electron chi connectivity index (χ0n) is 9.33. The van der Waals surface area contributed by atoms with Gasteiger partial charge in [-0.1, -0.05) is 0 Å². The Hall–Kier alpha value is -1.78. The van der Waals surface area contributed by atoms with Crippen molar-refractivity contribution in [2.45, 2.75) is 20.8 Å². The average Bonchev–Trinajstić information content (AvgIpc) is 2.57. The predicted octanol–water partition coefficient (Wildman–Crippen LogP) is 1.58. The van der Waals surface area contributed by atoms with Gasteiger partial charge in [0.2, 0.25) is 5.95 Å². The van der Waals surface area contributed by atoms with Gasteiger partial charge in [-0.05, 0) is 20.8 Å². The standard InChI is InChI=1S/C10H14N4O/c1-5-6(2)15-7(3)8(5)9-12-10(11)14(4)13-9/h1-4H3,(H2,11,12,13). The molecule has 0 amide bonds. The van der Waals surface area contributed by atoms with Crippen LogP contribution in [0.3, 0.4) is 0 Å². The number of aryl methyl sites for hydroxylation is 3. The number of aromatic nitrogens is 3. The molecule has 0 bridgehead atoms. The van der Waals surface area contributed by atoms with Gasteiger partial charge in [-0.25, -0.2) is 4.68 Å². The fraction of sp³-hybridized carbons (Fsp3) is 0.400. The Balaban J connectivity index is 2.63. The van der Waals surface area contributed by atoms with Gasteiger partial charge in [0.1, 0.15) is 11.5 Å². The van der Waals surface area contributed by atoms with E-state index in [9.17, 15) is 0 Å². The molecular formula is C10H14N4O. The van der Waals surface area contributed by atoms with Gasteiger partial charge in [0, 0.05) is 12.6 Å². The second-order valence-electron chi connectivity index (χ2n) is 3.63. The monoisotopic (exact) mass is 206 g/mol. The van der Waals surface area contributed by atoms with Crippen molar-refractivity contribution in [3.63, 3.8) is 0 Å². The molecule has 0 atom stereocenters. The summed E-state index contributed by atoms with van der Waals surface area (Å²) in [5.74, 6) is 2.76. The number of hydrogen-bond donors (Lipinski definition) is 1. The van der Waals surface area contributed by atoms with E-state index in [-0.39, 0.29) is 0 Å². The first-order chi connectivity index (χ1) is 7.00. The van der Waals surface area contributed by atoms with E-state index in [1.54, 1.807) is 11.7 Å². The molecule has 0 aliphatic carbocycles. The third-order valence-electron chi connectivity index (χ3n) is 2.58. The Morgan fingerprint density at radius 1 is 1.20 bits per heavy atom. The summed E-state index contributed by atoms with van der Waals surface area (Å²) in [7, 11) is 1.77. The predicted molar refractivity (Wildman–Crippen MR) is 57.3 cm³/mol. The van der Waals surface area contributed by atoms with E-state index in [0.717, 1.165) is 22.6 Å². The van der Waals surface area contributed by atoms with Crippen LogP contribution in [0.1, 0.15) is 17.1 Å². The van der Waals surface area contributed by atoms with Gasteiger partial charge in [-0.15, -0.1) is 5.10 Å². The van der Waals surface area contributed by atoms with Gasteiger partial charge < -0.3 is 10.2 Å². The van der Waals surface area contributed by atoms with Crippen molar-refractivity contribution in [2.24, 2.45) is 7.05 Å². The summed E-state index contributed by atoms with van der Waals surface area (Å²) in [6.07, 6.45) is 0. The van der Waals surface area contributed by atoms with Gasteiger partial charge in [0.25, 0.3) is 0 Å². The van der Waals surface area contributed by atoms with Gasteiger partial charge in [-0.3, -0.25) is 0 Å². The zero-order chi connectivity index (χ0) is 11.2. The van der Waals surface area contributed by atoms with Crippen LogP contribution in [-0.4, -0.2) is 14.8 Å². The van der Waals surface area contributed by atoms with Crippen LogP contribution in [0.5, 0.6) is 0 Å². The number of rotatable bonds is 1. The maximum atomic E-state index is 5.64. The molecule has 2 rings (SSSR count). The summed E-state index contributed by atoms with van der Waals surface area (Å²) in [5, 5.41) is 4.24. The highest BCUT2D eigenvalue weighted by Crippen LogP contribution is 2.29. The molecule has 2 aromatic heterocycles. The molecule has 0 fully saturated rings. The second-order valence-corrected chi connectivity index (χ2v) is 3.63. The van der Waals surface area contributed by atoms with Crippen molar-refractivity contribution >= 4 is 5.95 Å². The van der Waals surface area contributed by atoms with E-state index in [1.807, 2.05) is 20.8 Å². The van der Waals surface area contributed by atoms with E-state index in [2.05, 4.69) is 10.1 Å². The van der Waals surface area contributed by atoms with E-state index in [1.165, 1.54) is 0 Å². The van der Waals surface area contributed by atoms with Crippen molar-refractivity contribution in [1.82, 2.24) is 14.8 Å². The lowest BCUT2D eigenvalue weighted by Gasteiger charge is -1.93. The molecule has 15 heavy (non-hydrogen) atoms. The van der Waals surface area contributed by atoms with E-state index >= 15 is 0 Å². The highest BCUT2D eigenvalue weighted by molar-refractivity contribution is 5.64. The summed E-state index contributed by atoms with van der Waals surface area (Å²) < 4.78 is 7.07. The van der Waals surface area contributed by atoms with Crippen LogP contribution in [0.15, 0.2) is 4.42 Å². The SMILES string of the molecule is Cc1oc(C)c(-c2nc(N)n(C)n2)c1C. The number of nitrogens with zero attached hydrogens (tertiary/aromatic N) is 3. The minimum Gasteiger partial charge on any atom is -0.466 e. The molecular weight excluding hydrogens is 192 g/mol. The first-order valence-electron chi connectivity index (χ1n) is 4.74. The Kier molecular flexibility index (Phi) is 2.03. The van der Waals surface area contributed by atoms with Crippen molar-refractivity contribution < 1.29 is 4.42 Å². The van der Waals surface area contributed by atoms with E-state index < -0.39 is 0 Å². The Morgan fingerprint density at radius 2 is 1.87 bits per heavy atom. The lowest BCUT2D eigenvalue weighted by atomic mass is 10.1. The Bertz CT molecular complexity index is 490. The lowest BCUT2D eigenvalue weighted by molar-refractivity contribution is 0.503. The molecule has 2 heterocycles. The fourth-order valence-electron chi connectivity index (χ4n) is 1.62. The number of furan rings is 1. The summed E-state index contributed by atoms with van der Waals surface area (Å²) >= 11 is 0. The highest BCUT2D eigenvalue weighted by Gasteiger charge is 2.17. The van der Waals surface area contributed by atoms with Gasteiger partial charge in [0.15, 0.2) is 5.82 Å². The summed E-state index contributed by atoms with van der Waals surface area (Å²) in [6.45, 7) is 5.83. The molecule has 2 N–H and O–H groups in total. The first-order valence-corrected chi connectivity index (χ1v) is 4.74. The molecule has 5 heteroatoms. The molecule has 0 unspecified atom stereocenters. The van der Waals surface area contributed by atoms with Gasteiger partial charge in [0.05, 0.1) is 5.56 Å². The average molecular weight is 206 g/mol. The Labute approximate surface area is 87.9 Å². The summed E-state index contributed by atoms with van der Waals surface area (Å²) in [5.41, 5.74) is 7.66. The van der Waals surface area contributed by atoms with Gasteiger partial charge in [-0.2, -0.15) is 4.98 Å². The molecule has 0 aliphatic rings. The van der Waals surface area contributed by atoms with Gasteiger partial charge >= 0.3 is 0 Å². The van der Waals surface area contributed by atoms with Crippen LogP contribution in [0.2, 0.25) is 0 Å². The van der Waals surface area contributed by atoms with Crippen molar-refractivity contribution in [1.29, 1.82) is 0 Å². The normalized spacial score (nSPS) is 10.9. The molecule has 80 valence electrons. The molecule has 0 aliphatic heterocycles. The minimum atomic E-state index is 0.405. The van der Waals surface area contributed by atoms with Crippen molar-refractivity contribution in [3.05, 3.63) is 17.1 Å². The lowest BCUT2D eigenvalue weighted by Crippen LogP contribution is -1.97. The van der Waals surface area contributed by atoms with Crippen LogP contribution in [0.4, 0.5) is 5.95 Å². The molecule has 0 aromatic carbocycles. The van der Waals surface area contributed by atoms with Crippen molar-refractivity contribution in [3.8, 4) is 11.4 Å². The molecule has 0 spiro atoms. The third-order valence-corrected chi connectivity index (χ3v) is 2.58. The molecule has 5 nitrogen and oxygen atoms in total. The van der Waals surface area contributed by atoms with Crippen LogP contribution in [0, 0.1) is 20.8 Å². The zero-order valence-corrected chi connectivity index (χ0v) is 9.33. The maximum absolute atomic E-state index is 5.64. The summed E-state index contributed by atoms with van der Waals surface area (Å²) in [6, 6.07) is 0. The van der Waals surface area contributed by atoms with Crippen LogP contribution in [-0.2, 0) is 7.05 Å².